The molecule has 0 saturated carbocycles. The second-order valence-electron chi connectivity index (χ2n) is 6.31. The van der Waals surface area contributed by atoms with Crippen LogP contribution in [-0.4, -0.2) is 18.2 Å². The molecular weight excluding hydrogens is 373 g/mol. The SMILES string of the molecule is CCCOc1ccc(/C=C/c2nc(-c3ccc(F)cc3)cs2)c(OCCC)c1. The van der Waals surface area contributed by atoms with Gasteiger partial charge in [0, 0.05) is 22.6 Å². The molecule has 3 aromatic rings. The van der Waals surface area contributed by atoms with E-state index < -0.39 is 0 Å². The van der Waals surface area contributed by atoms with Gasteiger partial charge in [-0.3, -0.25) is 0 Å². The van der Waals surface area contributed by atoms with Crippen LogP contribution in [0.15, 0.2) is 47.8 Å². The lowest BCUT2D eigenvalue weighted by Crippen LogP contribution is -1.99. The lowest BCUT2D eigenvalue weighted by atomic mass is 10.1. The van der Waals surface area contributed by atoms with Crippen molar-refractivity contribution in [2.24, 2.45) is 0 Å². The van der Waals surface area contributed by atoms with E-state index in [4.69, 9.17) is 9.47 Å². The number of rotatable bonds is 9. The van der Waals surface area contributed by atoms with Gasteiger partial charge >= 0.3 is 0 Å². The van der Waals surface area contributed by atoms with E-state index >= 15 is 0 Å². The largest absolute Gasteiger partial charge is 0.493 e. The maximum Gasteiger partial charge on any atom is 0.130 e. The lowest BCUT2D eigenvalue weighted by molar-refractivity contribution is 0.301. The standard InChI is InChI=1S/C23H24FNO2S/c1-3-13-26-20-11-7-18(22(15-20)27-14-4-2)8-12-23-25-21(16-28-23)17-5-9-19(24)10-6-17/h5-12,15-16H,3-4,13-14H2,1-2H3/b12-8+. The highest BCUT2D eigenvalue weighted by atomic mass is 32.1. The highest BCUT2D eigenvalue weighted by Gasteiger charge is 2.06. The van der Waals surface area contributed by atoms with Gasteiger partial charge in [0.05, 0.1) is 18.9 Å². The smallest absolute Gasteiger partial charge is 0.130 e. The lowest BCUT2D eigenvalue weighted by Gasteiger charge is -2.11. The van der Waals surface area contributed by atoms with Gasteiger partial charge in [-0.1, -0.05) is 13.8 Å². The zero-order valence-corrected chi connectivity index (χ0v) is 17.0. The Kier molecular flexibility index (Phi) is 7.20. The normalized spacial score (nSPS) is 11.1. The molecule has 0 saturated heterocycles. The van der Waals surface area contributed by atoms with Gasteiger partial charge in [-0.2, -0.15) is 0 Å². The number of thiazole rings is 1. The van der Waals surface area contributed by atoms with Gasteiger partial charge in [-0.15, -0.1) is 11.3 Å². The van der Waals surface area contributed by atoms with Crippen LogP contribution >= 0.6 is 11.3 Å². The van der Waals surface area contributed by atoms with Crippen molar-refractivity contribution in [2.45, 2.75) is 26.7 Å². The summed E-state index contributed by atoms with van der Waals surface area (Å²) in [6.07, 6.45) is 5.88. The zero-order valence-electron chi connectivity index (χ0n) is 16.2. The van der Waals surface area contributed by atoms with Gasteiger partial charge in [0.2, 0.25) is 0 Å². The van der Waals surface area contributed by atoms with Crippen LogP contribution in [0.3, 0.4) is 0 Å². The number of benzene rings is 2. The van der Waals surface area contributed by atoms with Crippen molar-refractivity contribution < 1.29 is 13.9 Å². The van der Waals surface area contributed by atoms with Crippen LogP contribution in [0.4, 0.5) is 4.39 Å². The Morgan fingerprint density at radius 1 is 0.964 bits per heavy atom. The fourth-order valence-electron chi connectivity index (χ4n) is 2.58. The monoisotopic (exact) mass is 397 g/mol. The van der Waals surface area contributed by atoms with Crippen LogP contribution in [0, 0.1) is 5.82 Å². The van der Waals surface area contributed by atoms with Gasteiger partial charge in [0.25, 0.3) is 0 Å². The number of nitrogens with zero attached hydrogens (tertiary/aromatic N) is 1. The van der Waals surface area contributed by atoms with Gasteiger partial charge in [-0.25, -0.2) is 9.37 Å². The average molecular weight is 398 g/mol. The van der Waals surface area contributed by atoms with Gasteiger partial charge < -0.3 is 9.47 Å². The Hall–Kier alpha value is -2.66. The molecule has 0 fully saturated rings. The van der Waals surface area contributed by atoms with E-state index in [9.17, 15) is 4.39 Å². The van der Waals surface area contributed by atoms with E-state index in [1.165, 1.54) is 12.1 Å². The molecule has 0 spiro atoms. The van der Waals surface area contributed by atoms with Crippen molar-refractivity contribution in [3.8, 4) is 22.8 Å². The summed E-state index contributed by atoms with van der Waals surface area (Å²) in [4.78, 5) is 4.62. The molecule has 0 aliphatic heterocycles. The quantitative estimate of drug-likeness (QED) is 0.403. The van der Waals surface area contributed by atoms with Gasteiger partial charge in [-0.05, 0) is 61.4 Å². The second kappa shape index (κ2) is 10.0. The summed E-state index contributed by atoms with van der Waals surface area (Å²) in [5, 5.41) is 2.86. The summed E-state index contributed by atoms with van der Waals surface area (Å²) in [6.45, 7) is 5.51. The molecule has 5 heteroatoms. The first-order valence-electron chi connectivity index (χ1n) is 9.48. The van der Waals surface area contributed by atoms with Crippen LogP contribution in [-0.2, 0) is 0 Å². The third kappa shape index (κ3) is 5.42. The fourth-order valence-corrected chi connectivity index (χ4v) is 3.30. The molecule has 2 aromatic carbocycles. The molecule has 1 heterocycles. The topological polar surface area (TPSA) is 31.4 Å². The minimum atomic E-state index is -0.245. The van der Waals surface area contributed by atoms with E-state index in [1.807, 2.05) is 35.7 Å². The minimum absolute atomic E-state index is 0.245. The number of hydrogen-bond donors (Lipinski definition) is 0. The van der Waals surface area contributed by atoms with Crippen molar-refractivity contribution in [1.82, 2.24) is 4.98 Å². The third-order valence-electron chi connectivity index (χ3n) is 3.99. The van der Waals surface area contributed by atoms with Gasteiger partial charge in [0.1, 0.15) is 22.3 Å². The summed E-state index contributed by atoms with van der Waals surface area (Å²) < 4.78 is 24.7. The van der Waals surface area contributed by atoms with Gasteiger partial charge in [0.15, 0.2) is 0 Å². The zero-order chi connectivity index (χ0) is 19.8. The van der Waals surface area contributed by atoms with E-state index in [0.717, 1.165) is 46.2 Å². The van der Waals surface area contributed by atoms with Crippen molar-refractivity contribution in [3.63, 3.8) is 0 Å². The molecule has 146 valence electrons. The van der Waals surface area contributed by atoms with E-state index in [-0.39, 0.29) is 5.82 Å². The molecule has 0 aliphatic carbocycles. The third-order valence-corrected chi connectivity index (χ3v) is 4.80. The summed E-state index contributed by atoms with van der Waals surface area (Å²) in [5.41, 5.74) is 2.73. The summed E-state index contributed by atoms with van der Waals surface area (Å²) in [7, 11) is 0. The highest BCUT2D eigenvalue weighted by molar-refractivity contribution is 7.10. The predicted molar refractivity (Wildman–Crippen MR) is 114 cm³/mol. The van der Waals surface area contributed by atoms with Crippen LogP contribution < -0.4 is 9.47 Å². The molecule has 0 aliphatic rings. The molecule has 0 radical (unpaired) electrons. The number of halogens is 1. The molecule has 1 aromatic heterocycles. The fraction of sp³-hybridized carbons (Fsp3) is 0.261. The molecule has 0 amide bonds. The van der Waals surface area contributed by atoms with E-state index in [2.05, 4.69) is 18.8 Å². The number of ether oxygens (including phenoxy) is 2. The van der Waals surface area contributed by atoms with Crippen molar-refractivity contribution >= 4 is 23.5 Å². The maximum absolute atomic E-state index is 13.1. The first-order valence-corrected chi connectivity index (χ1v) is 10.4. The molecule has 3 nitrogen and oxygen atoms in total. The molecule has 28 heavy (non-hydrogen) atoms. The summed E-state index contributed by atoms with van der Waals surface area (Å²) >= 11 is 1.55. The van der Waals surface area contributed by atoms with E-state index in [1.54, 1.807) is 23.5 Å². The molecular formula is C23H24FNO2S. The predicted octanol–water partition coefficient (Wildman–Crippen LogP) is 6.70. The van der Waals surface area contributed by atoms with Crippen LogP contribution in [0.5, 0.6) is 11.5 Å². The molecule has 0 unspecified atom stereocenters. The Bertz CT molecular complexity index is 919. The van der Waals surface area contributed by atoms with Crippen LogP contribution in [0.1, 0.15) is 37.3 Å². The highest BCUT2D eigenvalue weighted by Crippen LogP contribution is 2.28. The Morgan fingerprint density at radius 3 is 2.46 bits per heavy atom. The van der Waals surface area contributed by atoms with Crippen molar-refractivity contribution in [2.75, 3.05) is 13.2 Å². The summed E-state index contributed by atoms with van der Waals surface area (Å²) in [6, 6.07) is 12.3. The average Bonchev–Trinajstić information content (AvgIpc) is 3.19. The molecule has 0 N–H and O–H groups in total. The van der Waals surface area contributed by atoms with Crippen molar-refractivity contribution in [3.05, 3.63) is 64.2 Å². The van der Waals surface area contributed by atoms with Crippen LogP contribution in [0.2, 0.25) is 0 Å². The first kappa shape index (κ1) is 20.1. The Morgan fingerprint density at radius 2 is 1.71 bits per heavy atom. The summed E-state index contributed by atoms with van der Waals surface area (Å²) in [5.74, 6) is 1.38. The molecule has 0 bridgehead atoms. The van der Waals surface area contributed by atoms with Crippen molar-refractivity contribution in [1.29, 1.82) is 0 Å². The number of aromatic nitrogens is 1. The maximum atomic E-state index is 13.1. The van der Waals surface area contributed by atoms with E-state index in [0.29, 0.717) is 13.2 Å². The van der Waals surface area contributed by atoms with Crippen LogP contribution in [0.25, 0.3) is 23.4 Å². The first-order chi connectivity index (χ1) is 13.7. The Labute approximate surface area is 169 Å². The second-order valence-corrected chi connectivity index (χ2v) is 7.20. The number of hydrogen-bond acceptors (Lipinski definition) is 4. The molecule has 3 rings (SSSR count). The Balaban J connectivity index is 1.78. The minimum Gasteiger partial charge on any atom is -0.493 e. The molecule has 0 atom stereocenters.